The minimum atomic E-state index is -4.45. The quantitative estimate of drug-likeness (QED) is 0.809. The molecule has 1 atom stereocenters. The van der Waals surface area contributed by atoms with Crippen LogP contribution >= 0.6 is 0 Å². The van der Waals surface area contributed by atoms with Gasteiger partial charge in [-0.15, -0.1) is 0 Å². The summed E-state index contributed by atoms with van der Waals surface area (Å²) >= 11 is 0. The van der Waals surface area contributed by atoms with Crippen molar-refractivity contribution in [3.8, 4) is 0 Å². The van der Waals surface area contributed by atoms with Crippen molar-refractivity contribution in [2.24, 2.45) is 0 Å². The van der Waals surface area contributed by atoms with Gasteiger partial charge >= 0.3 is 6.18 Å². The summed E-state index contributed by atoms with van der Waals surface area (Å²) in [5, 5.41) is 3.05. The Morgan fingerprint density at radius 1 is 1.29 bits per heavy atom. The van der Waals surface area contributed by atoms with Gasteiger partial charge < -0.3 is 15.5 Å². The fourth-order valence-corrected chi connectivity index (χ4v) is 2.06. The normalized spacial score (nSPS) is 13.1. The van der Waals surface area contributed by atoms with Gasteiger partial charge in [-0.1, -0.05) is 0 Å². The standard InChI is InChI=1S/C15H17F3N2O/c1-10(4-6-12-3-2-8-21-12)20-11-5-7-14(19)13(9-11)15(16,17)18/h2-3,5,7-10,20H,4,6,19H2,1H3. The SMILES string of the molecule is CC(CCc1ccco1)Nc1ccc(N)c(C(F)(F)F)c1. The first-order chi connectivity index (χ1) is 9.86. The Bertz CT molecular complexity index is 579. The van der Waals surface area contributed by atoms with Crippen LogP contribution in [0.2, 0.25) is 0 Å². The molecule has 0 fully saturated rings. The number of benzene rings is 1. The summed E-state index contributed by atoms with van der Waals surface area (Å²) in [7, 11) is 0. The summed E-state index contributed by atoms with van der Waals surface area (Å²) in [6.07, 6.45) is -1.37. The predicted molar refractivity (Wildman–Crippen MR) is 76.0 cm³/mol. The third-order valence-electron chi connectivity index (χ3n) is 3.18. The van der Waals surface area contributed by atoms with Crippen LogP contribution in [0.3, 0.4) is 0 Å². The first kappa shape index (κ1) is 15.3. The highest BCUT2D eigenvalue weighted by Gasteiger charge is 2.33. The highest BCUT2D eigenvalue weighted by molar-refractivity contribution is 5.58. The average Bonchev–Trinajstić information content (AvgIpc) is 2.90. The molecule has 6 heteroatoms. The van der Waals surface area contributed by atoms with Crippen LogP contribution in [0.15, 0.2) is 41.0 Å². The van der Waals surface area contributed by atoms with E-state index in [1.54, 1.807) is 12.3 Å². The van der Waals surface area contributed by atoms with E-state index in [0.717, 1.165) is 24.7 Å². The van der Waals surface area contributed by atoms with E-state index in [1.165, 1.54) is 6.07 Å². The lowest BCUT2D eigenvalue weighted by atomic mass is 10.1. The van der Waals surface area contributed by atoms with Gasteiger partial charge in [0.05, 0.1) is 11.8 Å². The van der Waals surface area contributed by atoms with E-state index in [0.29, 0.717) is 5.69 Å². The maximum Gasteiger partial charge on any atom is 0.418 e. The lowest BCUT2D eigenvalue weighted by Crippen LogP contribution is -2.17. The van der Waals surface area contributed by atoms with Crippen LogP contribution in [0.1, 0.15) is 24.7 Å². The number of hydrogen-bond donors (Lipinski definition) is 2. The molecular weight excluding hydrogens is 281 g/mol. The molecular formula is C15H17F3N2O. The number of rotatable bonds is 5. The lowest BCUT2D eigenvalue weighted by molar-refractivity contribution is -0.136. The largest absolute Gasteiger partial charge is 0.469 e. The summed E-state index contributed by atoms with van der Waals surface area (Å²) in [5.74, 6) is 0.858. The summed E-state index contributed by atoms with van der Waals surface area (Å²) in [5.41, 5.74) is 4.69. The second kappa shape index (κ2) is 6.11. The molecule has 2 rings (SSSR count). The molecule has 0 radical (unpaired) electrons. The van der Waals surface area contributed by atoms with Gasteiger partial charge in [0.25, 0.3) is 0 Å². The molecule has 0 aliphatic carbocycles. The average molecular weight is 298 g/mol. The van der Waals surface area contributed by atoms with Crippen LogP contribution in [0, 0.1) is 0 Å². The number of alkyl halides is 3. The number of halogens is 3. The van der Waals surface area contributed by atoms with E-state index in [2.05, 4.69) is 5.32 Å². The second-order valence-electron chi connectivity index (χ2n) is 4.96. The lowest BCUT2D eigenvalue weighted by Gasteiger charge is -2.17. The van der Waals surface area contributed by atoms with Crippen molar-refractivity contribution in [3.63, 3.8) is 0 Å². The fraction of sp³-hybridized carbons (Fsp3) is 0.333. The zero-order valence-electron chi connectivity index (χ0n) is 11.6. The number of nitrogen functional groups attached to an aromatic ring is 1. The highest BCUT2D eigenvalue weighted by atomic mass is 19.4. The van der Waals surface area contributed by atoms with Crippen molar-refractivity contribution in [2.75, 3.05) is 11.1 Å². The maximum absolute atomic E-state index is 12.8. The third-order valence-corrected chi connectivity index (χ3v) is 3.18. The second-order valence-corrected chi connectivity index (χ2v) is 4.96. The molecule has 0 bridgehead atoms. The van der Waals surface area contributed by atoms with Crippen LogP contribution in [0.25, 0.3) is 0 Å². The molecule has 3 nitrogen and oxygen atoms in total. The summed E-state index contributed by atoms with van der Waals surface area (Å²) < 4.78 is 43.6. The molecule has 0 saturated heterocycles. The Hall–Kier alpha value is -2.11. The number of anilines is 2. The molecule has 1 heterocycles. The van der Waals surface area contributed by atoms with Crippen LogP contribution < -0.4 is 11.1 Å². The molecule has 0 amide bonds. The van der Waals surface area contributed by atoms with Crippen LogP contribution in [-0.2, 0) is 12.6 Å². The van der Waals surface area contributed by atoms with Gasteiger partial charge in [-0.05, 0) is 43.7 Å². The van der Waals surface area contributed by atoms with Crippen LogP contribution in [0.4, 0.5) is 24.5 Å². The van der Waals surface area contributed by atoms with Crippen molar-refractivity contribution in [1.29, 1.82) is 0 Å². The van der Waals surface area contributed by atoms with Gasteiger partial charge in [0.1, 0.15) is 5.76 Å². The van der Waals surface area contributed by atoms with Gasteiger partial charge in [-0.2, -0.15) is 13.2 Å². The Kier molecular flexibility index (Phi) is 4.45. The van der Waals surface area contributed by atoms with E-state index < -0.39 is 11.7 Å². The molecule has 114 valence electrons. The van der Waals surface area contributed by atoms with Crippen LogP contribution in [0.5, 0.6) is 0 Å². The molecule has 1 unspecified atom stereocenters. The van der Waals surface area contributed by atoms with Crippen molar-refractivity contribution < 1.29 is 17.6 Å². The minimum absolute atomic E-state index is 0.0137. The Morgan fingerprint density at radius 2 is 2.05 bits per heavy atom. The molecule has 0 saturated carbocycles. The molecule has 21 heavy (non-hydrogen) atoms. The predicted octanol–water partition coefficient (Wildman–Crippen LogP) is 4.31. The number of furan rings is 1. The fourth-order valence-electron chi connectivity index (χ4n) is 2.06. The molecule has 0 aliphatic rings. The zero-order chi connectivity index (χ0) is 15.5. The first-order valence-corrected chi connectivity index (χ1v) is 6.62. The van der Waals surface area contributed by atoms with E-state index in [4.69, 9.17) is 10.2 Å². The number of aryl methyl sites for hydroxylation is 1. The summed E-state index contributed by atoms with van der Waals surface area (Å²) in [4.78, 5) is 0. The van der Waals surface area contributed by atoms with E-state index >= 15 is 0 Å². The summed E-state index contributed by atoms with van der Waals surface area (Å²) in [6.45, 7) is 1.91. The molecule has 0 aliphatic heterocycles. The maximum atomic E-state index is 12.8. The monoisotopic (exact) mass is 298 g/mol. The smallest absolute Gasteiger partial charge is 0.418 e. The van der Waals surface area contributed by atoms with Gasteiger partial charge in [0.15, 0.2) is 0 Å². The highest BCUT2D eigenvalue weighted by Crippen LogP contribution is 2.35. The van der Waals surface area contributed by atoms with E-state index in [-0.39, 0.29) is 11.7 Å². The van der Waals surface area contributed by atoms with Crippen molar-refractivity contribution >= 4 is 11.4 Å². The molecule has 2 aromatic rings. The molecule has 1 aromatic carbocycles. The van der Waals surface area contributed by atoms with E-state index in [9.17, 15) is 13.2 Å². The van der Waals surface area contributed by atoms with Gasteiger partial charge in [0.2, 0.25) is 0 Å². The van der Waals surface area contributed by atoms with E-state index in [1.807, 2.05) is 19.1 Å². The van der Waals surface area contributed by atoms with Crippen molar-refractivity contribution in [3.05, 3.63) is 47.9 Å². The molecule has 1 aromatic heterocycles. The number of hydrogen-bond acceptors (Lipinski definition) is 3. The van der Waals surface area contributed by atoms with Gasteiger partial charge in [-0.25, -0.2) is 0 Å². The van der Waals surface area contributed by atoms with Gasteiger partial charge in [0, 0.05) is 23.8 Å². The van der Waals surface area contributed by atoms with Crippen LogP contribution in [-0.4, -0.2) is 6.04 Å². The van der Waals surface area contributed by atoms with Crippen molar-refractivity contribution in [1.82, 2.24) is 0 Å². The third kappa shape index (κ3) is 4.18. The molecule has 3 N–H and O–H groups in total. The Morgan fingerprint density at radius 3 is 2.67 bits per heavy atom. The topological polar surface area (TPSA) is 51.2 Å². The molecule has 0 spiro atoms. The number of nitrogens with two attached hydrogens (primary N) is 1. The summed E-state index contributed by atoms with van der Waals surface area (Å²) in [6, 6.07) is 7.55. The minimum Gasteiger partial charge on any atom is -0.469 e. The first-order valence-electron chi connectivity index (χ1n) is 6.62. The van der Waals surface area contributed by atoms with Gasteiger partial charge in [-0.3, -0.25) is 0 Å². The van der Waals surface area contributed by atoms with Crippen molar-refractivity contribution in [2.45, 2.75) is 32.0 Å². The zero-order valence-corrected chi connectivity index (χ0v) is 11.6. The Balaban J connectivity index is 1.99. The Labute approximate surface area is 120 Å². The number of nitrogens with one attached hydrogen (secondary N) is 1.